The van der Waals surface area contributed by atoms with E-state index in [0.29, 0.717) is 76.4 Å². The molecule has 2 fully saturated rings. The number of pyridine rings is 2. The maximum Gasteiger partial charge on any atom is 0.263 e. The van der Waals surface area contributed by atoms with Crippen LogP contribution in [0.5, 0.6) is 0 Å². The first-order valence-electron chi connectivity index (χ1n) is 21.5. The third kappa shape index (κ3) is 10.7. The van der Waals surface area contributed by atoms with Crippen LogP contribution < -0.4 is 36.6 Å². The van der Waals surface area contributed by atoms with E-state index in [1.807, 2.05) is 31.1 Å². The van der Waals surface area contributed by atoms with Crippen LogP contribution in [-0.4, -0.2) is 112 Å². The van der Waals surface area contributed by atoms with E-state index >= 15 is 0 Å². The summed E-state index contributed by atoms with van der Waals surface area (Å²) >= 11 is 0. The topological polar surface area (TPSA) is 219 Å². The molecule has 328 valence electrons. The Morgan fingerprint density at radius 1 is 0.905 bits per heavy atom. The summed E-state index contributed by atoms with van der Waals surface area (Å²) < 4.78 is 1.70. The molecule has 0 spiro atoms. The maximum absolute atomic E-state index is 13.6. The van der Waals surface area contributed by atoms with Crippen molar-refractivity contribution in [3.8, 4) is 6.07 Å². The Bertz CT molecular complexity index is 2540. The lowest BCUT2D eigenvalue weighted by Gasteiger charge is -2.35. The van der Waals surface area contributed by atoms with Gasteiger partial charge in [0.1, 0.15) is 11.5 Å². The molecule has 1 aliphatic carbocycles. The number of nitriles is 1. The summed E-state index contributed by atoms with van der Waals surface area (Å²) in [7, 11) is 3.71. The molecule has 0 atom stereocenters. The lowest BCUT2D eigenvalue weighted by Crippen LogP contribution is -2.49. The number of aryl methyl sites for hydroxylation is 1. The molecule has 18 nitrogen and oxygen atoms in total. The SMILES string of the molecule is CC(=O)c1c(C)c2cnc(Nc3ccc(N4CCN(CC(=O)NCCCCCNc5cc(C#N)ccc5C(=O)Nc5ccc(N(C)C)nn5)CC4)cn3)nc2n(C2CCCC2)c1=O. The van der Waals surface area contributed by atoms with Crippen molar-refractivity contribution in [1.82, 2.24) is 39.9 Å². The minimum Gasteiger partial charge on any atom is -0.384 e. The van der Waals surface area contributed by atoms with E-state index in [9.17, 15) is 24.4 Å². The highest BCUT2D eigenvalue weighted by molar-refractivity contribution is 6.07. The van der Waals surface area contributed by atoms with Crippen LogP contribution in [0.4, 0.5) is 34.8 Å². The quantitative estimate of drug-likeness (QED) is 0.0710. The van der Waals surface area contributed by atoms with Crippen LogP contribution in [-0.2, 0) is 4.79 Å². The van der Waals surface area contributed by atoms with E-state index in [-0.39, 0.29) is 34.8 Å². The first-order chi connectivity index (χ1) is 30.5. The van der Waals surface area contributed by atoms with Crippen LogP contribution in [0, 0.1) is 18.3 Å². The predicted octanol–water partition coefficient (Wildman–Crippen LogP) is 5.06. The molecule has 2 amide bonds. The van der Waals surface area contributed by atoms with Crippen LogP contribution in [0.2, 0.25) is 0 Å². The number of hydrogen-bond donors (Lipinski definition) is 4. The highest BCUT2D eigenvalue weighted by Gasteiger charge is 2.26. The van der Waals surface area contributed by atoms with Crippen molar-refractivity contribution in [2.45, 2.75) is 64.8 Å². The number of hydrogen-bond acceptors (Lipinski definition) is 15. The monoisotopic (exact) mass is 854 g/mol. The van der Waals surface area contributed by atoms with Gasteiger partial charge in [-0.25, -0.2) is 9.97 Å². The molecular formula is C45H54N14O4. The van der Waals surface area contributed by atoms with Crippen LogP contribution in [0.3, 0.4) is 0 Å². The molecule has 2 aliphatic rings. The number of fused-ring (bicyclic) bond motifs is 1. The zero-order chi connectivity index (χ0) is 44.5. The van der Waals surface area contributed by atoms with Gasteiger partial charge in [0.2, 0.25) is 11.9 Å². The summed E-state index contributed by atoms with van der Waals surface area (Å²) in [5.74, 6) is 1.27. The van der Waals surface area contributed by atoms with E-state index in [1.54, 1.807) is 54.2 Å². The second kappa shape index (κ2) is 20.2. The van der Waals surface area contributed by atoms with Gasteiger partial charge in [0.15, 0.2) is 17.4 Å². The molecular weight excluding hydrogens is 801 g/mol. The van der Waals surface area contributed by atoms with Crippen molar-refractivity contribution in [1.29, 1.82) is 5.26 Å². The summed E-state index contributed by atoms with van der Waals surface area (Å²) in [6, 6.07) is 14.3. The van der Waals surface area contributed by atoms with E-state index < -0.39 is 0 Å². The summed E-state index contributed by atoms with van der Waals surface area (Å²) in [4.78, 5) is 72.0. The molecule has 0 bridgehead atoms. The Balaban J connectivity index is 0.823. The molecule has 4 aromatic heterocycles. The fraction of sp³-hybridized carbons (Fsp3) is 0.422. The Morgan fingerprint density at radius 3 is 2.35 bits per heavy atom. The number of carbonyl (C=O) groups excluding carboxylic acids is 3. The highest BCUT2D eigenvalue weighted by atomic mass is 16.2. The second-order valence-electron chi connectivity index (χ2n) is 16.2. The van der Waals surface area contributed by atoms with Gasteiger partial charge in [0, 0.05) is 76.7 Å². The van der Waals surface area contributed by atoms with Crippen molar-refractivity contribution in [3.05, 3.63) is 87.5 Å². The number of unbranched alkanes of at least 4 members (excludes halogenated alkanes) is 2. The Labute approximate surface area is 366 Å². The summed E-state index contributed by atoms with van der Waals surface area (Å²) in [5, 5.41) is 30.6. The third-order valence-corrected chi connectivity index (χ3v) is 11.6. The van der Waals surface area contributed by atoms with Crippen molar-refractivity contribution < 1.29 is 14.4 Å². The van der Waals surface area contributed by atoms with Gasteiger partial charge in [-0.05, 0) is 94.0 Å². The summed E-state index contributed by atoms with van der Waals surface area (Å²) in [5.41, 5.74) is 3.42. The number of aromatic nitrogens is 6. The molecule has 63 heavy (non-hydrogen) atoms. The number of nitrogens with one attached hydrogen (secondary N) is 4. The first-order valence-corrected chi connectivity index (χ1v) is 21.5. The minimum atomic E-state index is -0.358. The van der Waals surface area contributed by atoms with E-state index in [0.717, 1.165) is 76.8 Å². The van der Waals surface area contributed by atoms with Crippen LogP contribution in [0.15, 0.2) is 59.7 Å². The van der Waals surface area contributed by atoms with Gasteiger partial charge in [-0.2, -0.15) is 10.2 Å². The second-order valence-corrected chi connectivity index (χ2v) is 16.2. The van der Waals surface area contributed by atoms with Gasteiger partial charge in [-0.3, -0.25) is 28.6 Å². The Hall–Kier alpha value is -7.00. The summed E-state index contributed by atoms with van der Waals surface area (Å²) in [6.45, 7) is 7.68. The molecule has 5 heterocycles. The normalized spacial score (nSPS) is 14.3. The Morgan fingerprint density at radius 2 is 1.67 bits per heavy atom. The lowest BCUT2D eigenvalue weighted by atomic mass is 10.0. The van der Waals surface area contributed by atoms with E-state index in [4.69, 9.17) is 4.98 Å². The molecule has 0 unspecified atom stereocenters. The van der Waals surface area contributed by atoms with Gasteiger partial charge in [-0.15, -0.1) is 10.2 Å². The number of nitrogens with zero attached hydrogens (tertiary/aromatic N) is 10. The largest absolute Gasteiger partial charge is 0.384 e. The average Bonchev–Trinajstić information content (AvgIpc) is 3.81. The van der Waals surface area contributed by atoms with Crippen LogP contribution in [0.25, 0.3) is 11.0 Å². The van der Waals surface area contributed by atoms with Gasteiger partial charge in [0.25, 0.3) is 11.5 Å². The van der Waals surface area contributed by atoms with Gasteiger partial charge >= 0.3 is 0 Å². The lowest BCUT2D eigenvalue weighted by molar-refractivity contribution is -0.122. The van der Waals surface area contributed by atoms with Gasteiger partial charge in [0.05, 0.1) is 41.2 Å². The van der Waals surface area contributed by atoms with Crippen molar-refractivity contribution in [3.63, 3.8) is 0 Å². The van der Waals surface area contributed by atoms with Gasteiger partial charge in [-0.1, -0.05) is 12.8 Å². The predicted molar refractivity (Wildman–Crippen MR) is 243 cm³/mol. The van der Waals surface area contributed by atoms with Crippen LogP contribution in [0.1, 0.15) is 89.8 Å². The molecule has 5 aromatic rings. The zero-order valence-electron chi connectivity index (χ0n) is 36.3. The third-order valence-electron chi connectivity index (χ3n) is 11.6. The molecule has 7 rings (SSSR count). The van der Waals surface area contributed by atoms with Crippen molar-refractivity contribution in [2.24, 2.45) is 0 Å². The maximum atomic E-state index is 13.6. The fourth-order valence-corrected chi connectivity index (χ4v) is 8.14. The Kier molecular flexibility index (Phi) is 14.2. The van der Waals surface area contributed by atoms with Crippen molar-refractivity contribution >= 4 is 63.4 Å². The highest BCUT2D eigenvalue weighted by Crippen LogP contribution is 2.32. The number of ketones is 1. The van der Waals surface area contributed by atoms with E-state index in [2.05, 4.69) is 57.3 Å². The standard InChI is InChI=1S/C45H54N14O4/c1-29-35-27-50-45(53-42(35)59(32-10-6-7-11-32)44(63)41(29)30(2)60)52-37-15-13-33(26-49-37)58-22-20-57(21-23-58)28-40(61)48-19-9-5-8-18-47-36-24-31(25-46)12-14-34(36)43(62)51-38-16-17-39(55-54-38)56(3)4/h12-17,24,26-27,32,47H,5-11,18-23,28H2,1-4H3,(H,48,61)(H,51,54,62)(H,49,50,52,53). The number of Topliss-reactive ketones (excluding diaryl/α,β-unsaturated/α-hetero) is 1. The van der Waals surface area contributed by atoms with E-state index in [1.165, 1.54) is 6.92 Å². The zero-order valence-corrected chi connectivity index (χ0v) is 36.3. The number of piperazine rings is 1. The van der Waals surface area contributed by atoms with Gasteiger partial charge < -0.3 is 31.1 Å². The minimum absolute atomic E-state index is 0.00386. The molecule has 1 aliphatic heterocycles. The number of carbonyl (C=O) groups is 3. The fourth-order valence-electron chi connectivity index (χ4n) is 8.14. The smallest absolute Gasteiger partial charge is 0.263 e. The molecule has 4 N–H and O–H groups in total. The number of anilines is 6. The first kappa shape index (κ1) is 44.1. The number of rotatable bonds is 17. The molecule has 1 aromatic carbocycles. The molecule has 1 saturated carbocycles. The van der Waals surface area contributed by atoms with Crippen molar-refractivity contribution in [2.75, 3.05) is 85.7 Å². The molecule has 0 radical (unpaired) electrons. The average molecular weight is 855 g/mol. The summed E-state index contributed by atoms with van der Waals surface area (Å²) in [6.07, 6.45) is 9.76. The number of benzene rings is 1. The molecule has 1 saturated heterocycles. The number of amides is 2. The molecule has 18 heteroatoms. The van der Waals surface area contributed by atoms with Crippen LogP contribution >= 0.6 is 0 Å².